The minimum absolute atomic E-state index is 0.193. The molecule has 0 amide bonds. The Bertz CT molecular complexity index is 552. The molecule has 2 rings (SSSR count). The van der Waals surface area contributed by atoms with E-state index in [0.29, 0.717) is 6.54 Å². The Morgan fingerprint density at radius 2 is 2.00 bits per heavy atom. The summed E-state index contributed by atoms with van der Waals surface area (Å²) in [6.07, 6.45) is 1.86. The van der Waals surface area contributed by atoms with E-state index in [1.54, 1.807) is 0 Å². The van der Waals surface area contributed by atoms with Crippen LogP contribution in [-0.2, 0) is 6.54 Å². The first-order valence-corrected chi connectivity index (χ1v) is 7.07. The first-order valence-electron chi connectivity index (χ1n) is 6.27. The van der Waals surface area contributed by atoms with Gasteiger partial charge in [-0.1, -0.05) is 24.3 Å². The Kier molecular flexibility index (Phi) is 4.56. The molecule has 2 aromatic rings. The van der Waals surface area contributed by atoms with E-state index in [4.69, 9.17) is 5.73 Å². The second-order valence-corrected chi connectivity index (χ2v) is 5.51. The average molecular weight is 320 g/mol. The standard InChI is InChI=1S/C15H18BrN3/c1-10-7-14(16)15(18-9-10)19-11(2)13-5-3-12(8-17)4-6-13/h3-7,9,11H,8,17H2,1-2H3,(H,18,19). The van der Waals surface area contributed by atoms with Crippen LogP contribution in [0, 0.1) is 6.92 Å². The Hall–Kier alpha value is -1.39. The molecule has 0 saturated heterocycles. The maximum Gasteiger partial charge on any atom is 0.140 e. The molecule has 19 heavy (non-hydrogen) atoms. The zero-order valence-electron chi connectivity index (χ0n) is 11.2. The Labute approximate surface area is 122 Å². The molecule has 0 bridgehead atoms. The second-order valence-electron chi connectivity index (χ2n) is 4.65. The van der Waals surface area contributed by atoms with Crippen molar-refractivity contribution in [2.75, 3.05) is 5.32 Å². The van der Waals surface area contributed by atoms with Crippen LogP contribution in [0.1, 0.15) is 29.7 Å². The van der Waals surface area contributed by atoms with Crippen LogP contribution in [0.25, 0.3) is 0 Å². The van der Waals surface area contributed by atoms with Crippen molar-refractivity contribution in [1.82, 2.24) is 4.98 Å². The molecule has 0 aliphatic rings. The van der Waals surface area contributed by atoms with E-state index in [9.17, 15) is 0 Å². The lowest BCUT2D eigenvalue weighted by atomic mass is 10.1. The van der Waals surface area contributed by atoms with Crippen molar-refractivity contribution < 1.29 is 0 Å². The number of aryl methyl sites for hydroxylation is 1. The number of nitrogens with two attached hydrogens (primary N) is 1. The Balaban J connectivity index is 2.13. The second kappa shape index (κ2) is 6.17. The lowest BCUT2D eigenvalue weighted by molar-refractivity contribution is 0.870. The van der Waals surface area contributed by atoms with Crippen LogP contribution < -0.4 is 11.1 Å². The Morgan fingerprint density at radius 3 is 2.58 bits per heavy atom. The van der Waals surface area contributed by atoms with E-state index in [-0.39, 0.29) is 6.04 Å². The summed E-state index contributed by atoms with van der Waals surface area (Å²) in [5, 5.41) is 3.40. The summed E-state index contributed by atoms with van der Waals surface area (Å²) in [4.78, 5) is 4.40. The summed E-state index contributed by atoms with van der Waals surface area (Å²) in [7, 11) is 0. The summed E-state index contributed by atoms with van der Waals surface area (Å²) >= 11 is 3.53. The van der Waals surface area contributed by atoms with Gasteiger partial charge in [0.25, 0.3) is 0 Å². The SMILES string of the molecule is Cc1cnc(NC(C)c2ccc(CN)cc2)c(Br)c1. The van der Waals surface area contributed by atoms with Crippen molar-refractivity contribution in [2.45, 2.75) is 26.4 Å². The minimum Gasteiger partial charge on any atom is -0.363 e. The fourth-order valence-corrected chi connectivity index (χ4v) is 2.45. The van der Waals surface area contributed by atoms with Crippen LogP contribution in [0.2, 0.25) is 0 Å². The third-order valence-electron chi connectivity index (χ3n) is 3.05. The van der Waals surface area contributed by atoms with Crippen LogP contribution >= 0.6 is 15.9 Å². The number of nitrogens with one attached hydrogen (secondary N) is 1. The normalized spacial score (nSPS) is 12.2. The molecule has 4 heteroatoms. The molecular formula is C15H18BrN3. The molecule has 1 aromatic carbocycles. The number of halogens is 1. The highest BCUT2D eigenvalue weighted by Crippen LogP contribution is 2.25. The number of nitrogens with zero attached hydrogens (tertiary/aromatic N) is 1. The molecule has 3 nitrogen and oxygen atoms in total. The Morgan fingerprint density at radius 1 is 1.32 bits per heavy atom. The van der Waals surface area contributed by atoms with Crippen molar-refractivity contribution in [3.05, 3.63) is 57.7 Å². The van der Waals surface area contributed by atoms with Gasteiger partial charge in [0.1, 0.15) is 5.82 Å². The smallest absolute Gasteiger partial charge is 0.140 e. The molecule has 0 spiro atoms. The van der Waals surface area contributed by atoms with Gasteiger partial charge >= 0.3 is 0 Å². The van der Waals surface area contributed by atoms with E-state index in [1.807, 2.05) is 13.1 Å². The van der Waals surface area contributed by atoms with Gasteiger partial charge in [-0.3, -0.25) is 0 Å². The number of hydrogen-bond acceptors (Lipinski definition) is 3. The zero-order valence-corrected chi connectivity index (χ0v) is 12.7. The summed E-state index contributed by atoms with van der Waals surface area (Å²) in [6, 6.07) is 10.6. The van der Waals surface area contributed by atoms with E-state index in [0.717, 1.165) is 21.4 Å². The van der Waals surface area contributed by atoms with E-state index in [1.165, 1.54) is 5.56 Å². The highest BCUT2D eigenvalue weighted by Gasteiger charge is 2.08. The predicted molar refractivity (Wildman–Crippen MR) is 83.0 cm³/mol. The zero-order chi connectivity index (χ0) is 13.8. The quantitative estimate of drug-likeness (QED) is 0.901. The average Bonchev–Trinajstić information content (AvgIpc) is 2.42. The molecule has 0 aliphatic carbocycles. The van der Waals surface area contributed by atoms with Gasteiger partial charge in [-0.15, -0.1) is 0 Å². The summed E-state index contributed by atoms with van der Waals surface area (Å²) in [6.45, 7) is 4.72. The number of hydrogen-bond donors (Lipinski definition) is 2. The predicted octanol–water partition coefficient (Wildman–Crippen LogP) is 3.78. The van der Waals surface area contributed by atoms with Gasteiger partial charge < -0.3 is 11.1 Å². The summed E-state index contributed by atoms with van der Waals surface area (Å²) in [5.74, 6) is 0.862. The number of pyridine rings is 1. The van der Waals surface area contributed by atoms with Crippen LogP contribution in [-0.4, -0.2) is 4.98 Å². The van der Waals surface area contributed by atoms with Gasteiger partial charge in [0, 0.05) is 18.8 Å². The molecule has 100 valence electrons. The molecule has 0 radical (unpaired) electrons. The molecule has 1 unspecified atom stereocenters. The molecule has 0 fully saturated rings. The summed E-state index contributed by atoms with van der Waals surface area (Å²) in [5.41, 5.74) is 9.10. The van der Waals surface area contributed by atoms with Crippen LogP contribution in [0.3, 0.4) is 0 Å². The third kappa shape index (κ3) is 3.55. The molecular weight excluding hydrogens is 302 g/mol. The monoisotopic (exact) mass is 319 g/mol. The van der Waals surface area contributed by atoms with Crippen LogP contribution in [0.5, 0.6) is 0 Å². The van der Waals surface area contributed by atoms with Crippen LogP contribution in [0.4, 0.5) is 5.82 Å². The van der Waals surface area contributed by atoms with Crippen molar-refractivity contribution in [2.24, 2.45) is 5.73 Å². The number of benzene rings is 1. The highest BCUT2D eigenvalue weighted by atomic mass is 79.9. The molecule has 1 heterocycles. The maximum atomic E-state index is 5.60. The van der Waals surface area contributed by atoms with Gasteiger partial charge in [-0.05, 0) is 52.5 Å². The lowest BCUT2D eigenvalue weighted by Crippen LogP contribution is -2.09. The molecule has 1 atom stereocenters. The minimum atomic E-state index is 0.193. The van der Waals surface area contributed by atoms with E-state index in [2.05, 4.69) is 63.5 Å². The number of anilines is 1. The number of aromatic nitrogens is 1. The molecule has 3 N–H and O–H groups in total. The molecule has 1 aromatic heterocycles. The van der Waals surface area contributed by atoms with E-state index < -0.39 is 0 Å². The van der Waals surface area contributed by atoms with Gasteiger partial charge in [-0.2, -0.15) is 0 Å². The van der Waals surface area contributed by atoms with Gasteiger partial charge in [0.05, 0.1) is 4.47 Å². The fraction of sp³-hybridized carbons (Fsp3) is 0.267. The molecule has 0 aliphatic heterocycles. The largest absolute Gasteiger partial charge is 0.363 e. The third-order valence-corrected chi connectivity index (χ3v) is 3.65. The van der Waals surface area contributed by atoms with Gasteiger partial charge in [0.2, 0.25) is 0 Å². The van der Waals surface area contributed by atoms with Crippen molar-refractivity contribution in [1.29, 1.82) is 0 Å². The van der Waals surface area contributed by atoms with Crippen LogP contribution in [0.15, 0.2) is 41.0 Å². The van der Waals surface area contributed by atoms with Crippen molar-refractivity contribution in [3.8, 4) is 0 Å². The highest BCUT2D eigenvalue weighted by molar-refractivity contribution is 9.10. The van der Waals surface area contributed by atoms with E-state index >= 15 is 0 Å². The first kappa shape index (κ1) is 14.0. The van der Waals surface area contributed by atoms with Crippen molar-refractivity contribution >= 4 is 21.7 Å². The molecule has 0 saturated carbocycles. The summed E-state index contributed by atoms with van der Waals surface area (Å²) < 4.78 is 0.984. The number of rotatable bonds is 4. The van der Waals surface area contributed by atoms with Gasteiger partial charge in [-0.25, -0.2) is 4.98 Å². The topological polar surface area (TPSA) is 50.9 Å². The fourth-order valence-electron chi connectivity index (χ4n) is 1.87. The lowest BCUT2D eigenvalue weighted by Gasteiger charge is -2.16. The van der Waals surface area contributed by atoms with Crippen molar-refractivity contribution in [3.63, 3.8) is 0 Å². The maximum absolute atomic E-state index is 5.60. The van der Waals surface area contributed by atoms with Gasteiger partial charge in [0.15, 0.2) is 0 Å². The first-order chi connectivity index (χ1) is 9.10.